The van der Waals surface area contributed by atoms with Gasteiger partial charge in [-0.25, -0.2) is 4.79 Å². The SMILES string of the molecule is CCC(C)NC(=O)C1CCN(C(=O)Nc2ccc(C)cc2)CC1. The van der Waals surface area contributed by atoms with Gasteiger partial charge in [-0.2, -0.15) is 0 Å². The van der Waals surface area contributed by atoms with E-state index in [-0.39, 0.29) is 23.9 Å². The Morgan fingerprint density at radius 2 is 1.83 bits per heavy atom. The van der Waals surface area contributed by atoms with E-state index in [0.29, 0.717) is 13.1 Å². The summed E-state index contributed by atoms with van der Waals surface area (Å²) >= 11 is 0. The average Bonchev–Trinajstić information content (AvgIpc) is 2.56. The number of hydrogen-bond acceptors (Lipinski definition) is 2. The molecule has 0 spiro atoms. The van der Waals surface area contributed by atoms with Crippen molar-refractivity contribution >= 4 is 17.6 Å². The van der Waals surface area contributed by atoms with Crippen LogP contribution in [0.15, 0.2) is 24.3 Å². The molecular weight excluding hydrogens is 290 g/mol. The van der Waals surface area contributed by atoms with E-state index in [4.69, 9.17) is 0 Å². The Morgan fingerprint density at radius 3 is 2.39 bits per heavy atom. The van der Waals surface area contributed by atoms with Crippen molar-refractivity contribution < 1.29 is 9.59 Å². The second-order valence-corrected chi connectivity index (χ2v) is 6.38. The number of benzene rings is 1. The lowest BCUT2D eigenvalue weighted by atomic mass is 9.95. The molecule has 126 valence electrons. The summed E-state index contributed by atoms with van der Waals surface area (Å²) in [4.78, 5) is 26.2. The summed E-state index contributed by atoms with van der Waals surface area (Å²) in [5.74, 6) is 0.144. The minimum Gasteiger partial charge on any atom is -0.353 e. The second-order valence-electron chi connectivity index (χ2n) is 6.38. The van der Waals surface area contributed by atoms with E-state index in [1.807, 2.05) is 38.1 Å². The molecule has 1 heterocycles. The predicted octanol–water partition coefficient (Wildman–Crippen LogP) is 3.15. The Hall–Kier alpha value is -2.04. The van der Waals surface area contributed by atoms with Gasteiger partial charge >= 0.3 is 6.03 Å². The number of anilines is 1. The van der Waals surface area contributed by atoms with Crippen molar-refractivity contribution in [3.63, 3.8) is 0 Å². The van der Waals surface area contributed by atoms with Gasteiger partial charge in [0.15, 0.2) is 0 Å². The van der Waals surface area contributed by atoms with Crippen LogP contribution in [0.2, 0.25) is 0 Å². The van der Waals surface area contributed by atoms with Crippen LogP contribution in [0.4, 0.5) is 10.5 Å². The molecule has 0 aromatic heterocycles. The molecule has 3 amide bonds. The lowest BCUT2D eigenvalue weighted by Crippen LogP contribution is -2.45. The number of nitrogens with one attached hydrogen (secondary N) is 2. The molecule has 0 radical (unpaired) electrons. The number of carbonyl (C=O) groups is 2. The molecule has 0 aliphatic carbocycles. The largest absolute Gasteiger partial charge is 0.353 e. The molecule has 2 N–H and O–H groups in total. The van der Waals surface area contributed by atoms with Gasteiger partial charge in [0.1, 0.15) is 0 Å². The van der Waals surface area contributed by atoms with Gasteiger partial charge in [0, 0.05) is 30.7 Å². The van der Waals surface area contributed by atoms with Crippen LogP contribution in [0.1, 0.15) is 38.7 Å². The third-order valence-corrected chi connectivity index (χ3v) is 4.46. The highest BCUT2D eigenvalue weighted by Crippen LogP contribution is 2.19. The van der Waals surface area contributed by atoms with Crippen LogP contribution in [0.5, 0.6) is 0 Å². The summed E-state index contributed by atoms with van der Waals surface area (Å²) in [6.07, 6.45) is 2.39. The van der Waals surface area contributed by atoms with E-state index in [2.05, 4.69) is 17.6 Å². The second kappa shape index (κ2) is 7.99. The molecule has 5 nitrogen and oxygen atoms in total. The van der Waals surface area contributed by atoms with Crippen molar-refractivity contribution in [1.29, 1.82) is 0 Å². The van der Waals surface area contributed by atoms with E-state index in [0.717, 1.165) is 30.5 Å². The molecule has 23 heavy (non-hydrogen) atoms. The third kappa shape index (κ3) is 4.98. The summed E-state index contributed by atoms with van der Waals surface area (Å²) in [6, 6.07) is 7.88. The molecule has 1 aromatic carbocycles. The van der Waals surface area contributed by atoms with Crippen LogP contribution in [0.3, 0.4) is 0 Å². The first-order valence-electron chi connectivity index (χ1n) is 8.42. The maximum atomic E-state index is 12.3. The molecule has 1 aliphatic rings. The zero-order valence-corrected chi connectivity index (χ0v) is 14.3. The van der Waals surface area contributed by atoms with Gasteiger partial charge in [-0.1, -0.05) is 24.6 Å². The quantitative estimate of drug-likeness (QED) is 0.896. The maximum Gasteiger partial charge on any atom is 0.321 e. The summed E-state index contributed by atoms with van der Waals surface area (Å²) in [5.41, 5.74) is 1.97. The standard InChI is InChI=1S/C18H27N3O2/c1-4-14(3)19-17(22)15-9-11-21(12-10-15)18(23)20-16-7-5-13(2)6-8-16/h5-8,14-15H,4,9-12H2,1-3H3,(H,19,22)(H,20,23). The fourth-order valence-corrected chi connectivity index (χ4v) is 2.65. The Bertz CT molecular complexity index is 534. The molecule has 0 saturated carbocycles. The minimum atomic E-state index is -0.0883. The first kappa shape index (κ1) is 17.3. The molecular formula is C18H27N3O2. The normalized spacial score (nSPS) is 16.7. The van der Waals surface area contributed by atoms with Gasteiger partial charge in [-0.3, -0.25) is 4.79 Å². The number of aryl methyl sites for hydroxylation is 1. The van der Waals surface area contributed by atoms with Crippen molar-refractivity contribution in [2.75, 3.05) is 18.4 Å². The fraction of sp³-hybridized carbons (Fsp3) is 0.556. The lowest BCUT2D eigenvalue weighted by Gasteiger charge is -2.31. The fourth-order valence-electron chi connectivity index (χ4n) is 2.65. The highest BCUT2D eigenvalue weighted by atomic mass is 16.2. The van der Waals surface area contributed by atoms with Crippen molar-refractivity contribution in [3.8, 4) is 0 Å². The van der Waals surface area contributed by atoms with Crippen molar-refractivity contribution in [1.82, 2.24) is 10.2 Å². The smallest absolute Gasteiger partial charge is 0.321 e. The van der Waals surface area contributed by atoms with Crippen LogP contribution in [-0.4, -0.2) is 36.0 Å². The zero-order valence-electron chi connectivity index (χ0n) is 14.3. The van der Waals surface area contributed by atoms with Crippen LogP contribution in [0, 0.1) is 12.8 Å². The summed E-state index contributed by atoms with van der Waals surface area (Å²) in [7, 11) is 0. The van der Waals surface area contributed by atoms with Crippen molar-refractivity contribution in [3.05, 3.63) is 29.8 Å². The van der Waals surface area contributed by atoms with E-state index in [9.17, 15) is 9.59 Å². The first-order valence-corrected chi connectivity index (χ1v) is 8.42. The molecule has 1 aromatic rings. The van der Waals surface area contributed by atoms with Crippen molar-refractivity contribution in [2.45, 2.75) is 46.1 Å². The Kier molecular flexibility index (Phi) is 6.02. The number of rotatable bonds is 4. The average molecular weight is 317 g/mol. The van der Waals surface area contributed by atoms with E-state index in [1.165, 1.54) is 0 Å². The summed E-state index contributed by atoms with van der Waals surface area (Å²) in [6.45, 7) is 7.33. The maximum absolute atomic E-state index is 12.3. The van der Waals surface area contributed by atoms with Gasteiger partial charge in [0.05, 0.1) is 0 Å². The highest BCUT2D eigenvalue weighted by Gasteiger charge is 2.27. The third-order valence-electron chi connectivity index (χ3n) is 4.46. The summed E-state index contributed by atoms with van der Waals surface area (Å²) in [5, 5.41) is 5.94. The lowest BCUT2D eigenvalue weighted by molar-refractivity contribution is -0.126. The van der Waals surface area contributed by atoms with Gasteiger partial charge in [0.25, 0.3) is 0 Å². The van der Waals surface area contributed by atoms with Crippen LogP contribution in [-0.2, 0) is 4.79 Å². The van der Waals surface area contributed by atoms with Crippen LogP contribution >= 0.6 is 0 Å². The molecule has 1 fully saturated rings. The summed E-state index contributed by atoms with van der Waals surface area (Å²) < 4.78 is 0. The van der Waals surface area contributed by atoms with Crippen LogP contribution in [0.25, 0.3) is 0 Å². The molecule has 1 aliphatic heterocycles. The Morgan fingerprint density at radius 1 is 1.22 bits per heavy atom. The van der Waals surface area contributed by atoms with E-state index >= 15 is 0 Å². The highest BCUT2D eigenvalue weighted by molar-refractivity contribution is 5.89. The number of carbonyl (C=O) groups excluding carboxylic acids is 2. The molecule has 1 saturated heterocycles. The number of likely N-dealkylation sites (tertiary alicyclic amines) is 1. The molecule has 5 heteroatoms. The van der Waals surface area contributed by atoms with Crippen LogP contribution < -0.4 is 10.6 Å². The number of amides is 3. The van der Waals surface area contributed by atoms with Gasteiger partial charge < -0.3 is 15.5 Å². The number of nitrogens with zero attached hydrogens (tertiary/aromatic N) is 1. The Labute approximate surface area is 138 Å². The first-order chi connectivity index (χ1) is 11.0. The van der Waals surface area contributed by atoms with Gasteiger partial charge in [-0.15, -0.1) is 0 Å². The molecule has 1 atom stereocenters. The van der Waals surface area contributed by atoms with E-state index < -0.39 is 0 Å². The van der Waals surface area contributed by atoms with Gasteiger partial charge in [-0.05, 0) is 45.2 Å². The number of hydrogen-bond donors (Lipinski definition) is 2. The van der Waals surface area contributed by atoms with E-state index in [1.54, 1.807) is 4.90 Å². The number of piperidine rings is 1. The number of urea groups is 1. The molecule has 0 bridgehead atoms. The zero-order chi connectivity index (χ0) is 16.8. The Balaban J connectivity index is 1.80. The monoisotopic (exact) mass is 317 g/mol. The minimum absolute atomic E-state index is 0.0208. The van der Waals surface area contributed by atoms with Gasteiger partial charge in [0.2, 0.25) is 5.91 Å². The predicted molar refractivity (Wildman–Crippen MR) is 92.4 cm³/mol. The topological polar surface area (TPSA) is 61.4 Å². The molecule has 1 unspecified atom stereocenters. The van der Waals surface area contributed by atoms with Crippen molar-refractivity contribution in [2.24, 2.45) is 5.92 Å². The molecule has 2 rings (SSSR count).